The predicted molar refractivity (Wildman–Crippen MR) is 95.2 cm³/mol. The van der Waals surface area contributed by atoms with Gasteiger partial charge in [0.15, 0.2) is 0 Å². The second kappa shape index (κ2) is 6.27. The van der Waals surface area contributed by atoms with E-state index in [1.165, 1.54) is 11.3 Å². The van der Waals surface area contributed by atoms with E-state index in [2.05, 4.69) is 11.4 Å². The van der Waals surface area contributed by atoms with Gasteiger partial charge in [-0.05, 0) is 37.6 Å². The van der Waals surface area contributed by atoms with E-state index in [0.29, 0.717) is 11.5 Å². The van der Waals surface area contributed by atoms with Gasteiger partial charge >= 0.3 is 0 Å². The Kier molecular flexibility index (Phi) is 4.18. The molecule has 0 aliphatic rings. The van der Waals surface area contributed by atoms with Crippen molar-refractivity contribution in [2.45, 2.75) is 13.8 Å². The molecular formula is C18H17N3OS. The van der Waals surface area contributed by atoms with Crippen LogP contribution in [0.25, 0.3) is 21.5 Å². The van der Waals surface area contributed by atoms with Crippen LogP contribution >= 0.6 is 11.3 Å². The molecular weight excluding hydrogens is 306 g/mol. The molecule has 0 bridgehead atoms. The summed E-state index contributed by atoms with van der Waals surface area (Å²) < 4.78 is 5.67. The van der Waals surface area contributed by atoms with Crippen molar-refractivity contribution < 1.29 is 4.74 Å². The van der Waals surface area contributed by atoms with Crippen molar-refractivity contribution in [3.63, 3.8) is 0 Å². The highest BCUT2D eigenvalue weighted by Gasteiger charge is 2.13. The van der Waals surface area contributed by atoms with Crippen molar-refractivity contribution in [2.75, 3.05) is 19.0 Å². The van der Waals surface area contributed by atoms with E-state index in [1.807, 2.05) is 51.2 Å². The number of nitriles is 1. The van der Waals surface area contributed by atoms with Crippen LogP contribution in [0.15, 0.2) is 30.3 Å². The number of anilines is 1. The monoisotopic (exact) mass is 323 g/mol. The minimum absolute atomic E-state index is 0.638. The number of rotatable bonds is 4. The fourth-order valence-corrected chi connectivity index (χ4v) is 3.51. The number of pyridine rings is 1. The van der Waals surface area contributed by atoms with Gasteiger partial charge in [0.05, 0.1) is 18.0 Å². The molecule has 0 amide bonds. The van der Waals surface area contributed by atoms with Crippen molar-refractivity contribution in [1.29, 1.82) is 5.26 Å². The molecule has 0 aliphatic heterocycles. The number of aromatic nitrogens is 1. The lowest BCUT2D eigenvalue weighted by atomic mass is 10.1. The first-order chi connectivity index (χ1) is 11.2. The average Bonchev–Trinajstić information content (AvgIpc) is 2.93. The van der Waals surface area contributed by atoms with Crippen LogP contribution in [0.2, 0.25) is 0 Å². The maximum atomic E-state index is 9.24. The third-order valence-corrected chi connectivity index (χ3v) is 4.69. The van der Waals surface area contributed by atoms with Gasteiger partial charge in [-0.2, -0.15) is 5.26 Å². The molecule has 2 heterocycles. The van der Waals surface area contributed by atoms with E-state index >= 15 is 0 Å². The number of nitrogens with one attached hydrogen (secondary N) is 1. The van der Waals surface area contributed by atoms with E-state index < -0.39 is 0 Å². The van der Waals surface area contributed by atoms with E-state index in [1.54, 1.807) is 0 Å². The maximum absolute atomic E-state index is 9.24. The standard InChI is InChI=1S/C18H17N3OS/c1-4-22-15-9-12(6-5-11(15)2)14-8-7-13-17(20-3)16(10-19)23-18(13)21-14/h5-9,20H,4H2,1-3H3. The molecule has 4 nitrogen and oxygen atoms in total. The number of hydrogen-bond donors (Lipinski definition) is 1. The maximum Gasteiger partial charge on any atom is 0.130 e. The van der Waals surface area contributed by atoms with Gasteiger partial charge in [0.2, 0.25) is 0 Å². The second-order valence-corrected chi connectivity index (χ2v) is 6.13. The van der Waals surface area contributed by atoms with Crippen LogP contribution in [0.1, 0.15) is 17.4 Å². The first kappa shape index (κ1) is 15.3. The number of ether oxygens (including phenoxy) is 1. The lowest BCUT2D eigenvalue weighted by molar-refractivity contribution is 0.338. The lowest BCUT2D eigenvalue weighted by Gasteiger charge is -2.09. The number of fused-ring (bicyclic) bond motifs is 1. The van der Waals surface area contributed by atoms with Gasteiger partial charge in [-0.3, -0.25) is 0 Å². The average molecular weight is 323 g/mol. The number of benzene rings is 1. The van der Waals surface area contributed by atoms with Crippen molar-refractivity contribution in [3.05, 3.63) is 40.8 Å². The largest absolute Gasteiger partial charge is 0.494 e. The first-order valence-electron chi connectivity index (χ1n) is 7.43. The SMILES string of the molecule is CCOc1cc(-c2ccc3c(NC)c(C#N)sc3n2)ccc1C. The Morgan fingerprint density at radius 3 is 2.83 bits per heavy atom. The highest BCUT2D eigenvalue weighted by atomic mass is 32.1. The van der Waals surface area contributed by atoms with Gasteiger partial charge in [-0.1, -0.05) is 12.1 Å². The van der Waals surface area contributed by atoms with Crippen LogP contribution < -0.4 is 10.1 Å². The van der Waals surface area contributed by atoms with Crippen LogP contribution in [0, 0.1) is 18.3 Å². The van der Waals surface area contributed by atoms with Crippen molar-refractivity contribution in [2.24, 2.45) is 0 Å². The van der Waals surface area contributed by atoms with Crippen LogP contribution in [-0.4, -0.2) is 18.6 Å². The highest BCUT2D eigenvalue weighted by molar-refractivity contribution is 7.19. The van der Waals surface area contributed by atoms with E-state index in [0.717, 1.165) is 38.5 Å². The van der Waals surface area contributed by atoms with Crippen molar-refractivity contribution >= 4 is 27.2 Å². The quantitative estimate of drug-likeness (QED) is 0.763. The minimum atomic E-state index is 0.638. The van der Waals surface area contributed by atoms with Crippen LogP contribution in [0.3, 0.4) is 0 Å². The zero-order chi connectivity index (χ0) is 16.4. The Morgan fingerprint density at radius 1 is 1.30 bits per heavy atom. The van der Waals surface area contributed by atoms with Gasteiger partial charge in [-0.25, -0.2) is 4.98 Å². The molecule has 116 valence electrons. The second-order valence-electron chi connectivity index (χ2n) is 5.13. The molecule has 0 unspecified atom stereocenters. The molecule has 0 atom stereocenters. The summed E-state index contributed by atoms with van der Waals surface area (Å²) in [4.78, 5) is 6.25. The van der Waals surface area contributed by atoms with Gasteiger partial charge in [0, 0.05) is 18.0 Å². The van der Waals surface area contributed by atoms with E-state index in [9.17, 15) is 5.26 Å². The summed E-state index contributed by atoms with van der Waals surface area (Å²) >= 11 is 1.41. The summed E-state index contributed by atoms with van der Waals surface area (Å²) in [5, 5.41) is 13.3. The molecule has 0 radical (unpaired) electrons. The smallest absolute Gasteiger partial charge is 0.130 e. The van der Waals surface area contributed by atoms with Gasteiger partial charge in [0.1, 0.15) is 21.5 Å². The lowest BCUT2D eigenvalue weighted by Crippen LogP contribution is -1.94. The third-order valence-electron chi connectivity index (χ3n) is 3.69. The van der Waals surface area contributed by atoms with Crippen molar-refractivity contribution in [3.8, 4) is 23.1 Å². The Bertz CT molecular complexity index is 909. The summed E-state index contributed by atoms with van der Waals surface area (Å²) in [6.07, 6.45) is 0. The number of hydrogen-bond acceptors (Lipinski definition) is 5. The van der Waals surface area contributed by atoms with E-state index in [-0.39, 0.29) is 0 Å². The molecule has 1 N–H and O–H groups in total. The molecule has 0 saturated carbocycles. The Balaban J connectivity index is 2.11. The fraction of sp³-hybridized carbons (Fsp3) is 0.222. The predicted octanol–water partition coefficient (Wildman–Crippen LogP) is 4.58. The third kappa shape index (κ3) is 2.73. The van der Waals surface area contributed by atoms with Gasteiger partial charge in [0.25, 0.3) is 0 Å². The van der Waals surface area contributed by atoms with Gasteiger partial charge < -0.3 is 10.1 Å². The molecule has 3 aromatic rings. The topological polar surface area (TPSA) is 57.9 Å². The summed E-state index contributed by atoms with van der Waals surface area (Å²) in [5.41, 5.74) is 3.85. The molecule has 2 aromatic heterocycles. The molecule has 5 heteroatoms. The summed E-state index contributed by atoms with van der Waals surface area (Å²) in [5.74, 6) is 0.881. The van der Waals surface area contributed by atoms with Gasteiger partial charge in [-0.15, -0.1) is 11.3 Å². The normalized spacial score (nSPS) is 10.5. The van der Waals surface area contributed by atoms with Crippen LogP contribution in [-0.2, 0) is 0 Å². The fourth-order valence-electron chi connectivity index (χ4n) is 2.54. The Morgan fingerprint density at radius 2 is 2.13 bits per heavy atom. The number of aryl methyl sites for hydroxylation is 1. The molecule has 23 heavy (non-hydrogen) atoms. The summed E-state index contributed by atoms with van der Waals surface area (Å²) in [6, 6.07) is 12.3. The molecule has 0 saturated heterocycles. The molecule has 0 fully saturated rings. The van der Waals surface area contributed by atoms with E-state index in [4.69, 9.17) is 9.72 Å². The zero-order valence-corrected chi connectivity index (χ0v) is 14.1. The highest BCUT2D eigenvalue weighted by Crippen LogP contribution is 2.36. The number of thiophene rings is 1. The Labute approximate surface area is 139 Å². The van der Waals surface area contributed by atoms with Crippen LogP contribution in [0.4, 0.5) is 5.69 Å². The Hall–Kier alpha value is -2.58. The molecule has 1 aromatic carbocycles. The van der Waals surface area contributed by atoms with Crippen LogP contribution in [0.5, 0.6) is 5.75 Å². The summed E-state index contributed by atoms with van der Waals surface area (Å²) in [7, 11) is 1.82. The zero-order valence-electron chi connectivity index (χ0n) is 13.3. The number of nitrogens with zero attached hydrogens (tertiary/aromatic N) is 2. The molecule has 0 aliphatic carbocycles. The summed E-state index contributed by atoms with van der Waals surface area (Å²) in [6.45, 7) is 4.65. The first-order valence-corrected chi connectivity index (χ1v) is 8.24. The van der Waals surface area contributed by atoms with Crippen molar-refractivity contribution in [1.82, 2.24) is 4.98 Å². The minimum Gasteiger partial charge on any atom is -0.494 e. The molecule has 3 rings (SSSR count). The molecule has 0 spiro atoms.